The van der Waals surface area contributed by atoms with Crippen molar-refractivity contribution in [2.45, 2.75) is 38.8 Å². The predicted molar refractivity (Wildman–Crippen MR) is 78.2 cm³/mol. The van der Waals surface area contributed by atoms with Gasteiger partial charge in [-0.3, -0.25) is 4.68 Å². The highest BCUT2D eigenvalue weighted by Gasteiger charge is 2.23. The lowest BCUT2D eigenvalue weighted by atomic mass is 10.1. The molecule has 0 aliphatic heterocycles. The van der Waals surface area contributed by atoms with Gasteiger partial charge in [-0.15, -0.1) is 0 Å². The summed E-state index contributed by atoms with van der Waals surface area (Å²) in [5.41, 5.74) is 2.43. The van der Waals surface area contributed by atoms with Crippen molar-refractivity contribution >= 4 is 5.69 Å². The minimum atomic E-state index is 0.620. The lowest BCUT2D eigenvalue weighted by Crippen LogP contribution is -2.21. The second kappa shape index (κ2) is 5.47. The van der Waals surface area contributed by atoms with Crippen molar-refractivity contribution in [1.82, 2.24) is 9.78 Å². The lowest BCUT2D eigenvalue weighted by Gasteiger charge is -2.16. The molecule has 1 heterocycles. The van der Waals surface area contributed by atoms with Crippen LogP contribution in [0.4, 0.5) is 5.69 Å². The fourth-order valence-electron chi connectivity index (χ4n) is 2.87. The standard InChI is InChI=1S/C16H21N3/c1-13-6-5-9-16(13)18-15-10-17-19(12-15)11-14-7-3-2-4-8-14/h2-4,7-8,10,12-13,16,18H,5-6,9,11H2,1H3. The number of benzene rings is 1. The molecule has 1 aromatic heterocycles. The Labute approximate surface area is 114 Å². The summed E-state index contributed by atoms with van der Waals surface area (Å²) in [6.07, 6.45) is 8.02. The summed E-state index contributed by atoms with van der Waals surface area (Å²) in [5, 5.41) is 8.05. The SMILES string of the molecule is CC1CCCC1Nc1cnn(Cc2ccccc2)c1. The zero-order valence-electron chi connectivity index (χ0n) is 11.4. The van der Waals surface area contributed by atoms with Crippen LogP contribution in [0.25, 0.3) is 0 Å². The van der Waals surface area contributed by atoms with Crippen molar-refractivity contribution < 1.29 is 0 Å². The van der Waals surface area contributed by atoms with Crippen LogP contribution in [0.1, 0.15) is 31.7 Å². The monoisotopic (exact) mass is 255 g/mol. The highest BCUT2D eigenvalue weighted by atomic mass is 15.3. The van der Waals surface area contributed by atoms with Crippen LogP contribution in [0.15, 0.2) is 42.7 Å². The lowest BCUT2D eigenvalue weighted by molar-refractivity contribution is 0.556. The normalized spacial score (nSPS) is 22.6. The molecule has 3 heteroatoms. The molecule has 1 N–H and O–H groups in total. The van der Waals surface area contributed by atoms with E-state index in [4.69, 9.17) is 0 Å². The first kappa shape index (κ1) is 12.3. The molecular weight excluding hydrogens is 234 g/mol. The topological polar surface area (TPSA) is 29.9 Å². The largest absolute Gasteiger partial charge is 0.380 e. The molecule has 100 valence electrons. The van der Waals surface area contributed by atoms with Gasteiger partial charge in [0.15, 0.2) is 0 Å². The third kappa shape index (κ3) is 2.98. The molecule has 1 fully saturated rings. The molecule has 0 radical (unpaired) electrons. The molecule has 3 rings (SSSR count). The molecule has 3 nitrogen and oxygen atoms in total. The van der Waals surface area contributed by atoms with Gasteiger partial charge < -0.3 is 5.32 Å². The van der Waals surface area contributed by atoms with Crippen molar-refractivity contribution in [2.75, 3.05) is 5.32 Å². The number of rotatable bonds is 4. The molecular formula is C16H21N3. The van der Waals surface area contributed by atoms with E-state index in [1.165, 1.54) is 24.8 Å². The smallest absolute Gasteiger partial charge is 0.0728 e. The number of nitrogens with zero attached hydrogens (tertiary/aromatic N) is 2. The molecule has 0 saturated heterocycles. The van der Waals surface area contributed by atoms with Crippen molar-refractivity contribution in [3.8, 4) is 0 Å². The minimum Gasteiger partial charge on any atom is -0.380 e. The van der Waals surface area contributed by atoms with Gasteiger partial charge in [-0.25, -0.2) is 0 Å². The van der Waals surface area contributed by atoms with Crippen LogP contribution in [0.3, 0.4) is 0 Å². The molecule has 0 spiro atoms. The van der Waals surface area contributed by atoms with E-state index in [0.717, 1.165) is 18.2 Å². The molecule has 0 bridgehead atoms. The van der Waals surface area contributed by atoms with Crippen molar-refractivity contribution in [2.24, 2.45) is 5.92 Å². The second-order valence-electron chi connectivity index (χ2n) is 5.57. The van der Waals surface area contributed by atoms with E-state index in [1.54, 1.807) is 0 Å². The molecule has 2 atom stereocenters. The number of hydrogen-bond acceptors (Lipinski definition) is 2. The quantitative estimate of drug-likeness (QED) is 0.905. The first-order valence-corrected chi connectivity index (χ1v) is 7.14. The van der Waals surface area contributed by atoms with E-state index in [2.05, 4.69) is 47.8 Å². The molecule has 1 aliphatic rings. The van der Waals surface area contributed by atoms with E-state index >= 15 is 0 Å². The maximum absolute atomic E-state index is 4.43. The Kier molecular flexibility index (Phi) is 3.53. The van der Waals surface area contributed by atoms with Gasteiger partial charge in [0.05, 0.1) is 18.4 Å². The molecule has 2 unspecified atom stereocenters. The molecule has 1 saturated carbocycles. The third-order valence-corrected chi connectivity index (χ3v) is 4.03. The van der Waals surface area contributed by atoms with Crippen LogP contribution >= 0.6 is 0 Å². The maximum Gasteiger partial charge on any atom is 0.0728 e. The van der Waals surface area contributed by atoms with Gasteiger partial charge in [0.2, 0.25) is 0 Å². The van der Waals surface area contributed by atoms with E-state index in [0.29, 0.717) is 6.04 Å². The van der Waals surface area contributed by atoms with Crippen LogP contribution in [0, 0.1) is 5.92 Å². The van der Waals surface area contributed by atoms with Gasteiger partial charge in [0, 0.05) is 12.2 Å². The molecule has 19 heavy (non-hydrogen) atoms. The van der Waals surface area contributed by atoms with Gasteiger partial charge >= 0.3 is 0 Å². The second-order valence-corrected chi connectivity index (χ2v) is 5.57. The zero-order valence-corrected chi connectivity index (χ0v) is 11.4. The van der Waals surface area contributed by atoms with Gasteiger partial charge in [-0.2, -0.15) is 5.10 Å². The van der Waals surface area contributed by atoms with E-state index in [-0.39, 0.29) is 0 Å². The minimum absolute atomic E-state index is 0.620. The van der Waals surface area contributed by atoms with Gasteiger partial charge in [0.25, 0.3) is 0 Å². The summed E-state index contributed by atoms with van der Waals surface area (Å²) in [5.74, 6) is 0.775. The van der Waals surface area contributed by atoms with Crippen LogP contribution in [0.2, 0.25) is 0 Å². The van der Waals surface area contributed by atoms with Gasteiger partial charge in [-0.05, 0) is 24.3 Å². The van der Waals surface area contributed by atoms with Crippen molar-refractivity contribution in [3.05, 3.63) is 48.3 Å². The highest BCUT2D eigenvalue weighted by molar-refractivity contribution is 5.40. The van der Waals surface area contributed by atoms with E-state index in [1.807, 2.05) is 16.9 Å². The number of hydrogen-bond donors (Lipinski definition) is 1. The first-order valence-electron chi connectivity index (χ1n) is 7.14. The summed E-state index contributed by atoms with van der Waals surface area (Å²) in [7, 11) is 0. The average Bonchev–Trinajstić information content (AvgIpc) is 3.02. The Balaban J connectivity index is 1.63. The number of nitrogens with one attached hydrogen (secondary N) is 1. The van der Waals surface area contributed by atoms with Gasteiger partial charge in [0.1, 0.15) is 0 Å². The fraction of sp³-hybridized carbons (Fsp3) is 0.438. The summed E-state index contributed by atoms with van der Waals surface area (Å²) >= 11 is 0. The van der Waals surface area contributed by atoms with E-state index < -0.39 is 0 Å². The Morgan fingerprint density at radius 1 is 1.26 bits per heavy atom. The Morgan fingerprint density at radius 2 is 2.11 bits per heavy atom. The molecule has 1 aromatic carbocycles. The van der Waals surface area contributed by atoms with Crippen molar-refractivity contribution in [3.63, 3.8) is 0 Å². The summed E-state index contributed by atoms with van der Waals surface area (Å²) in [6.45, 7) is 3.17. The average molecular weight is 255 g/mol. The van der Waals surface area contributed by atoms with Crippen LogP contribution in [0.5, 0.6) is 0 Å². The zero-order chi connectivity index (χ0) is 13.1. The van der Waals surface area contributed by atoms with Crippen molar-refractivity contribution in [1.29, 1.82) is 0 Å². The molecule has 0 amide bonds. The summed E-state index contributed by atoms with van der Waals surface area (Å²) in [4.78, 5) is 0. The van der Waals surface area contributed by atoms with Crippen LogP contribution in [-0.2, 0) is 6.54 Å². The maximum atomic E-state index is 4.43. The number of aromatic nitrogens is 2. The Hall–Kier alpha value is -1.77. The number of anilines is 1. The first-order chi connectivity index (χ1) is 9.31. The Bertz CT molecular complexity index is 518. The predicted octanol–water partition coefficient (Wildman–Crippen LogP) is 3.53. The molecule has 2 aromatic rings. The summed E-state index contributed by atoms with van der Waals surface area (Å²) < 4.78 is 2.00. The summed E-state index contributed by atoms with van der Waals surface area (Å²) in [6, 6.07) is 11.1. The van der Waals surface area contributed by atoms with Crippen LogP contribution < -0.4 is 5.32 Å². The van der Waals surface area contributed by atoms with E-state index in [9.17, 15) is 0 Å². The molecule has 1 aliphatic carbocycles. The Morgan fingerprint density at radius 3 is 2.84 bits per heavy atom. The third-order valence-electron chi connectivity index (χ3n) is 4.03. The van der Waals surface area contributed by atoms with Gasteiger partial charge in [-0.1, -0.05) is 43.7 Å². The fourth-order valence-corrected chi connectivity index (χ4v) is 2.87. The highest BCUT2D eigenvalue weighted by Crippen LogP contribution is 2.27. The van der Waals surface area contributed by atoms with Crippen LogP contribution in [-0.4, -0.2) is 15.8 Å².